The van der Waals surface area contributed by atoms with E-state index in [0.29, 0.717) is 5.92 Å². The minimum Gasteiger partial charge on any atom is -0.333 e. The number of anilines is 3. The molecule has 3 aliphatic carbocycles. The monoisotopic (exact) mass is 1040 g/mol. The van der Waals surface area contributed by atoms with Gasteiger partial charge in [0, 0.05) is 67.2 Å². The van der Waals surface area contributed by atoms with Gasteiger partial charge in [0.2, 0.25) is 0 Å². The lowest BCUT2D eigenvalue weighted by Crippen LogP contribution is -2.54. The lowest BCUT2D eigenvalue weighted by Gasteiger charge is -2.53. The first-order valence-corrected chi connectivity index (χ1v) is 29.6. The summed E-state index contributed by atoms with van der Waals surface area (Å²) in [6, 6.07) is 49.9. The molecule has 1 aromatic heterocycles. The van der Waals surface area contributed by atoms with Gasteiger partial charge in [0.15, 0.2) is 0 Å². The average Bonchev–Trinajstić information content (AvgIpc) is 2.69. The number of rotatable bonds is 5. The van der Waals surface area contributed by atoms with Crippen LogP contribution in [0.25, 0.3) is 32.9 Å². The van der Waals surface area contributed by atoms with Crippen LogP contribution in [0.15, 0.2) is 197 Å². The van der Waals surface area contributed by atoms with Gasteiger partial charge in [0.25, 0.3) is 6.71 Å². The van der Waals surface area contributed by atoms with Crippen LogP contribution >= 0.6 is 0 Å². The number of benzene rings is 6. The predicted octanol–water partition coefficient (Wildman–Crippen LogP) is 19.6. The Labute approximate surface area is 474 Å². The first-order valence-electron chi connectivity index (χ1n) is 29.6. The Balaban J connectivity index is 1.23. The zero-order valence-electron chi connectivity index (χ0n) is 50.6. The van der Waals surface area contributed by atoms with E-state index < -0.39 is 0 Å². The Bertz CT molecular complexity index is 3800. The molecule has 12 rings (SSSR count). The average molecular weight is 1040 g/mol. The van der Waals surface area contributed by atoms with Crippen molar-refractivity contribution in [2.45, 2.75) is 153 Å². The summed E-state index contributed by atoms with van der Waals surface area (Å²) < 4.78 is 2.71. The van der Waals surface area contributed by atoms with Crippen LogP contribution in [0.1, 0.15) is 151 Å². The van der Waals surface area contributed by atoms with Crippen LogP contribution in [0.3, 0.4) is 0 Å². The summed E-state index contributed by atoms with van der Waals surface area (Å²) in [4.78, 5) is 5.59. The molecule has 2 aliphatic heterocycles. The van der Waals surface area contributed by atoms with Crippen LogP contribution < -0.4 is 15.3 Å². The smallest absolute Gasteiger partial charge is 0.251 e. The number of aryl methyl sites for hydroxylation is 2. The second kappa shape index (κ2) is 18.4. The first-order chi connectivity index (χ1) is 37.2. The summed E-state index contributed by atoms with van der Waals surface area (Å²) in [5.41, 5.74) is 26.6. The number of hydrogen-bond acceptors (Lipinski definition) is 2. The summed E-state index contributed by atoms with van der Waals surface area (Å²) in [5, 5.41) is 2.60. The zero-order chi connectivity index (χ0) is 56.0. The molecule has 4 unspecified atom stereocenters. The maximum atomic E-state index is 2.83. The van der Waals surface area contributed by atoms with E-state index in [-0.39, 0.29) is 45.7 Å². The molecular weight excluding hydrogens is 954 g/mol. The molecule has 5 aliphatic rings. The maximum absolute atomic E-state index is 2.83. The normalized spacial score (nSPS) is 21.6. The van der Waals surface area contributed by atoms with Gasteiger partial charge in [-0.3, -0.25) is 0 Å². The highest BCUT2D eigenvalue weighted by Crippen LogP contribution is 2.58. The zero-order valence-corrected chi connectivity index (χ0v) is 50.6. The van der Waals surface area contributed by atoms with Crippen molar-refractivity contribution in [1.82, 2.24) is 4.57 Å². The molecule has 0 fully saturated rings. The van der Waals surface area contributed by atoms with Crippen molar-refractivity contribution in [3.8, 4) is 11.1 Å². The molecule has 0 radical (unpaired) electrons. The Morgan fingerprint density at radius 3 is 1.78 bits per heavy atom. The Morgan fingerprint density at radius 2 is 1.19 bits per heavy atom. The number of fused-ring (bicyclic) bond motifs is 6. The third kappa shape index (κ3) is 8.69. The van der Waals surface area contributed by atoms with E-state index in [1.165, 1.54) is 122 Å². The van der Waals surface area contributed by atoms with Gasteiger partial charge in [-0.2, -0.15) is 0 Å². The van der Waals surface area contributed by atoms with Gasteiger partial charge < -0.3 is 14.4 Å². The number of nitrogens with zero attached hydrogens (tertiary/aromatic N) is 3. The third-order valence-electron chi connectivity index (χ3n) is 18.8. The van der Waals surface area contributed by atoms with Gasteiger partial charge in [-0.05, 0) is 141 Å². The van der Waals surface area contributed by atoms with Crippen LogP contribution in [0.2, 0.25) is 0 Å². The Kier molecular flexibility index (Phi) is 12.3. The van der Waals surface area contributed by atoms with Crippen molar-refractivity contribution in [2.24, 2.45) is 22.7 Å². The first kappa shape index (κ1) is 52.9. The van der Waals surface area contributed by atoms with Crippen molar-refractivity contribution in [3.63, 3.8) is 0 Å². The molecule has 0 saturated carbocycles. The van der Waals surface area contributed by atoms with Crippen molar-refractivity contribution >= 4 is 51.0 Å². The van der Waals surface area contributed by atoms with Gasteiger partial charge in [-0.1, -0.05) is 236 Å². The predicted molar refractivity (Wildman–Crippen MR) is 341 cm³/mol. The van der Waals surface area contributed by atoms with Gasteiger partial charge >= 0.3 is 0 Å². The third-order valence-corrected chi connectivity index (χ3v) is 18.8. The number of para-hydroxylation sites is 2. The molecule has 4 atom stereocenters. The second-order valence-electron chi connectivity index (χ2n) is 28.8. The highest BCUT2D eigenvalue weighted by molar-refractivity contribution is 6.89. The summed E-state index contributed by atoms with van der Waals surface area (Å²) in [7, 11) is 0. The van der Waals surface area contributed by atoms with Crippen LogP contribution in [-0.4, -0.2) is 11.3 Å². The fourth-order valence-electron chi connectivity index (χ4n) is 14.4. The molecule has 6 aromatic carbocycles. The van der Waals surface area contributed by atoms with Gasteiger partial charge in [-0.15, -0.1) is 0 Å². The quantitative estimate of drug-likeness (QED) is 0.159. The Hall–Kier alpha value is -6.78. The largest absolute Gasteiger partial charge is 0.333 e. The molecule has 7 aromatic rings. The molecule has 3 heterocycles. The molecule has 79 heavy (non-hydrogen) atoms. The second-order valence-corrected chi connectivity index (χ2v) is 28.8. The van der Waals surface area contributed by atoms with E-state index in [1.807, 2.05) is 0 Å². The van der Waals surface area contributed by atoms with E-state index in [0.717, 1.165) is 12.8 Å². The van der Waals surface area contributed by atoms with Crippen molar-refractivity contribution in [1.29, 1.82) is 0 Å². The summed E-state index contributed by atoms with van der Waals surface area (Å²) in [5.74, 6) is 0.391. The van der Waals surface area contributed by atoms with E-state index >= 15 is 0 Å². The lowest BCUT2D eigenvalue weighted by molar-refractivity contribution is 0.426. The molecule has 0 spiro atoms. The van der Waals surface area contributed by atoms with Crippen LogP contribution in [-0.2, 0) is 16.2 Å². The molecule has 0 N–H and O–H groups in total. The van der Waals surface area contributed by atoms with Crippen LogP contribution in [0, 0.1) is 36.5 Å². The highest BCUT2D eigenvalue weighted by atomic mass is 15.2. The van der Waals surface area contributed by atoms with E-state index in [2.05, 4.69) is 290 Å². The van der Waals surface area contributed by atoms with E-state index in [4.69, 9.17) is 0 Å². The molecule has 0 bridgehead atoms. The fraction of sp³-hybridized carbons (Fsp3) is 0.360. The molecule has 4 heteroatoms. The van der Waals surface area contributed by atoms with E-state index in [1.54, 1.807) is 0 Å². The van der Waals surface area contributed by atoms with Crippen molar-refractivity contribution in [3.05, 3.63) is 225 Å². The van der Waals surface area contributed by atoms with E-state index in [9.17, 15) is 0 Å². The maximum Gasteiger partial charge on any atom is 0.251 e. The summed E-state index contributed by atoms with van der Waals surface area (Å²) in [6.45, 7) is 40.5. The van der Waals surface area contributed by atoms with Crippen molar-refractivity contribution in [2.75, 3.05) is 9.80 Å². The number of aromatic nitrogens is 1. The molecule has 0 amide bonds. The number of allylic oxidation sites excluding steroid dienone is 11. The Morgan fingerprint density at radius 1 is 0.595 bits per heavy atom. The fourth-order valence-corrected chi connectivity index (χ4v) is 14.4. The minimum atomic E-state index is -0.238. The van der Waals surface area contributed by atoms with Crippen LogP contribution in [0.4, 0.5) is 17.1 Å². The minimum absolute atomic E-state index is 0.00348. The summed E-state index contributed by atoms with van der Waals surface area (Å²) in [6.07, 6.45) is 14.8. The highest BCUT2D eigenvalue weighted by Gasteiger charge is 2.52. The number of hydrogen-bond donors (Lipinski definition) is 0. The van der Waals surface area contributed by atoms with Gasteiger partial charge in [0.1, 0.15) is 0 Å². The van der Waals surface area contributed by atoms with Crippen LogP contribution in [0.5, 0.6) is 0 Å². The standard InChI is InChI=1S/C75H84BN3/c1-46-26-33-63(56(40-46)50-28-30-51(31-29-50)71(5,6)7)79-65-35-32-53(73(11,12)13)43-59(65)76-60-44-57(74(14,15)16)48(3)42-67(60)78(64-34-27-47(2)41-58(64)75(17)38-36-52(37-39-75)72(8,9)10)68-45-66(49(4)70(79)69(68)76)77-61-24-20-18-22-54(61)55-23-19-21-25-62(55)77/h18-38,40-41,43-45,48-49,66H,39,42H2,1-17H3. The summed E-state index contributed by atoms with van der Waals surface area (Å²) >= 11 is 0. The van der Waals surface area contributed by atoms with Gasteiger partial charge in [0.05, 0.1) is 11.7 Å². The lowest BCUT2D eigenvalue weighted by atomic mass is 9.30. The molecular formula is C75H84BN3. The molecule has 0 saturated heterocycles. The topological polar surface area (TPSA) is 11.4 Å². The molecule has 3 nitrogen and oxygen atoms in total. The van der Waals surface area contributed by atoms with Crippen molar-refractivity contribution < 1.29 is 0 Å². The van der Waals surface area contributed by atoms with Gasteiger partial charge in [-0.25, -0.2) is 0 Å². The SMILES string of the molecule is Cc1ccc(N2C3=C4B(C5=C(CC(C)C(C(C)(C)C)=C5)N(c5ccc(C)cc5C5(C)C=CC(C(C)(C)C)=CC5)C4=CC(n4c5ccccc5c5ccccc54)C3C)c3cc(C(C)(C)C)ccc32)c(-c2ccc(C(C)(C)C)cc2)c1. The molecule has 402 valence electrons.